The Balaban J connectivity index is 2.64. The number of ketones is 1. The summed E-state index contributed by atoms with van der Waals surface area (Å²) in [7, 11) is 1.85. The van der Waals surface area contributed by atoms with E-state index < -0.39 is 0 Å². The van der Waals surface area contributed by atoms with Crippen LogP contribution in [-0.2, 0) is 0 Å². The number of hydrogen-bond donors (Lipinski definition) is 0. The van der Waals surface area contributed by atoms with E-state index >= 15 is 0 Å². The molecule has 0 bridgehead atoms. The highest BCUT2D eigenvalue weighted by atomic mass is 16.1. The van der Waals surface area contributed by atoms with E-state index in [0.29, 0.717) is 12.0 Å². The first kappa shape index (κ1) is 8.04. The molecule has 0 aromatic carbocycles. The fraction of sp³-hybridized carbons (Fsp3) is 0.111. The van der Waals surface area contributed by atoms with Gasteiger partial charge in [0.1, 0.15) is 19.2 Å². The average Bonchev–Trinajstić information content (AvgIpc) is 2.60. The van der Waals surface area contributed by atoms with Crippen molar-refractivity contribution in [2.24, 2.45) is 0 Å². The van der Waals surface area contributed by atoms with Crippen molar-refractivity contribution in [3.63, 3.8) is 0 Å². The molecule has 2 aromatic heterocycles. The summed E-state index contributed by atoms with van der Waals surface area (Å²) in [5, 5.41) is 0. The Morgan fingerprint density at radius 2 is 2.38 bits per heavy atom. The van der Waals surface area contributed by atoms with Crippen LogP contribution in [-0.4, -0.2) is 23.0 Å². The zero-order valence-corrected chi connectivity index (χ0v) is 7.40. The molecular formula is C9H9BN2O. The lowest BCUT2D eigenvalue weighted by Gasteiger charge is -1.96. The van der Waals surface area contributed by atoms with Gasteiger partial charge >= 0.3 is 0 Å². The Morgan fingerprint density at radius 1 is 1.54 bits per heavy atom. The van der Waals surface area contributed by atoms with Gasteiger partial charge in [0.2, 0.25) is 0 Å². The van der Waals surface area contributed by atoms with Crippen LogP contribution in [0.3, 0.4) is 0 Å². The van der Waals surface area contributed by atoms with E-state index in [1.807, 2.05) is 36.6 Å². The molecule has 2 heterocycles. The number of carbonyl (C=O) groups is 1. The van der Waals surface area contributed by atoms with Gasteiger partial charge < -0.3 is 0 Å². The summed E-state index contributed by atoms with van der Waals surface area (Å²) in [6.07, 6.45) is 4.00. The number of hydrogen-bond acceptors (Lipinski definition) is 2. The van der Waals surface area contributed by atoms with Gasteiger partial charge in [-0.05, 0) is 18.5 Å². The van der Waals surface area contributed by atoms with Gasteiger partial charge in [0.25, 0.3) is 0 Å². The summed E-state index contributed by atoms with van der Waals surface area (Å²) in [4.78, 5) is 15.6. The first-order chi connectivity index (χ1) is 6.33. The molecule has 3 nitrogen and oxygen atoms in total. The fourth-order valence-corrected chi connectivity index (χ4v) is 1.32. The Bertz CT molecular complexity index is 450. The molecule has 0 amide bonds. The third-order valence-electron chi connectivity index (χ3n) is 2.02. The molecule has 0 spiro atoms. The maximum atomic E-state index is 11.4. The van der Waals surface area contributed by atoms with Crippen molar-refractivity contribution in [1.82, 2.24) is 9.38 Å². The lowest BCUT2D eigenvalue weighted by atomic mass is 9.99. The zero-order valence-electron chi connectivity index (χ0n) is 7.40. The minimum atomic E-state index is 0.124. The maximum Gasteiger partial charge on any atom is 0.173 e. The molecule has 13 heavy (non-hydrogen) atoms. The number of nitrogens with zero attached hydrogens (tertiary/aromatic N) is 2. The van der Waals surface area contributed by atoms with Crippen molar-refractivity contribution in [3.8, 4) is 0 Å². The minimum Gasteiger partial charge on any atom is -0.297 e. The van der Waals surface area contributed by atoms with E-state index in [-0.39, 0.29) is 5.78 Å². The van der Waals surface area contributed by atoms with Crippen LogP contribution in [0.2, 0.25) is 6.32 Å². The van der Waals surface area contributed by atoms with Gasteiger partial charge in [0.05, 0.1) is 6.20 Å². The molecule has 2 aromatic rings. The second-order valence-electron chi connectivity index (χ2n) is 2.85. The van der Waals surface area contributed by atoms with Gasteiger partial charge in [-0.1, -0.05) is 6.07 Å². The van der Waals surface area contributed by atoms with Crippen LogP contribution < -0.4 is 0 Å². The van der Waals surface area contributed by atoms with Crippen molar-refractivity contribution >= 4 is 19.3 Å². The lowest BCUT2D eigenvalue weighted by molar-refractivity contribution is 0.101. The standard InChI is InChI=1S/C9H9BN2O/c10-5-8(13)7-6-11-9-3-1-2-4-12(7)9/h1-4,6H,5,10H2. The fourth-order valence-electron chi connectivity index (χ4n) is 1.32. The van der Waals surface area contributed by atoms with Gasteiger partial charge in [0, 0.05) is 6.20 Å². The molecule has 0 saturated heterocycles. The molecule has 0 aliphatic carbocycles. The number of Topliss-reactive ketones (excluding diaryl/α,β-unsaturated/α-hetero) is 1. The van der Waals surface area contributed by atoms with Gasteiger partial charge in [-0.3, -0.25) is 9.20 Å². The van der Waals surface area contributed by atoms with E-state index in [2.05, 4.69) is 4.98 Å². The first-order valence-electron chi connectivity index (χ1n) is 4.28. The summed E-state index contributed by atoms with van der Waals surface area (Å²) in [6, 6.07) is 5.68. The number of rotatable bonds is 2. The van der Waals surface area contributed by atoms with Crippen LogP contribution in [0.4, 0.5) is 0 Å². The second kappa shape index (κ2) is 3.05. The van der Waals surface area contributed by atoms with Crippen molar-refractivity contribution < 1.29 is 4.79 Å². The Labute approximate surface area is 76.8 Å². The molecule has 2 rings (SSSR count). The Morgan fingerprint density at radius 3 is 3.15 bits per heavy atom. The highest BCUT2D eigenvalue weighted by molar-refractivity contribution is 6.23. The van der Waals surface area contributed by atoms with Gasteiger partial charge in [0.15, 0.2) is 5.78 Å². The number of carbonyl (C=O) groups excluding carboxylic acids is 1. The van der Waals surface area contributed by atoms with Crippen LogP contribution >= 0.6 is 0 Å². The van der Waals surface area contributed by atoms with Crippen LogP contribution in [0, 0.1) is 0 Å². The average molecular weight is 172 g/mol. The number of imidazole rings is 1. The van der Waals surface area contributed by atoms with Crippen LogP contribution in [0.25, 0.3) is 5.65 Å². The monoisotopic (exact) mass is 172 g/mol. The van der Waals surface area contributed by atoms with Crippen LogP contribution in [0.1, 0.15) is 10.5 Å². The molecule has 0 saturated carbocycles. The van der Waals surface area contributed by atoms with Crippen LogP contribution in [0.5, 0.6) is 0 Å². The maximum absolute atomic E-state index is 11.4. The van der Waals surface area contributed by atoms with E-state index in [4.69, 9.17) is 0 Å². The molecule has 0 radical (unpaired) electrons. The molecule has 0 aliphatic heterocycles. The number of pyridine rings is 1. The molecule has 0 fully saturated rings. The van der Waals surface area contributed by atoms with E-state index in [1.165, 1.54) is 0 Å². The third-order valence-corrected chi connectivity index (χ3v) is 2.02. The Hall–Kier alpha value is -1.58. The summed E-state index contributed by atoms with van der Waals surface area (Å²) in [5.74, 6) is 0.124. The van der Waals surface area contributed by atoms with Gasteiger partial charge in [-0.2, -0.15) is 0 Å². The van der Waals surface area contributed by atoms with Crippen molar-refractivity contribution in [2.45, 2.75) is 6.32 Å². The zero-order chi connectivity index (χ0) is 9.26. The molecule has 0 aliphatic rings. The predicted octanol–water partition coefficient (Wildman–Crippen LogP) is 0.568. The lowest BCUT2D eigenvalue weighted by Crippen LogP contribution is -2.01. The topological polar surface area (TPSA) is 34.4 Å². The molecule has 0 atom stereocenters. The van der Waals surface area contributed by atoms with E-state index in [1.54, 1.807) is 6.20 Å². The molecule has 64 valence electrons. The summed E-state index contributed by atoms with van der Waals surface area (Å²) in [5.41, 5.74) is 1.48. The highest BCUT2D eigenvalue weighted by Crippen LogP contribution is 2.07. The van der Waals surface area contributed by atoms with Crippen molar-refractivity contribution in [3.05, 3.63) is 36.3 Å². The smallest absolute Gasteiger partial charge is 0.173 e. The first-order valence-corrected chi connectivity index (χ1v) is 4.28. The van der Waals surface area contributed by atoms with Crippen molar-refractivity contribution in [2.75, 3.05) is 0 Å². The predicted molar refractivity (Wildman–Crippen MR) is 52.9 cm³/mol. The normalized spacial score (nSPS) is 10.5. The quantitative estimate of drug-likeness (QED) is 0.490. The Kier molecular flexibility index (Phi) is 1.89. The summed E-state index contributed by atoms with van der Waals surface area (Å²) < 4.78 is 1.81. The summed E-state index contributed by atoms with van der Waals surface area (Å²) >= 11 is 0. The third kappa shape index (κ3) is 1.24. The van der Waals surface area contributed by atoms with Crippen molar-refractivity contribution in [1.29, 1.82) is 0 Å². The highest BCUT2D eigenvalue weighted by Gasteiger charge is 2.08. The van der Waals surface area contributed by atoms with Gasteiger partial charge in [-0.25, -0.2) is 4.98 Å². The minimum absolute atomic E-state index is 0.124. The molecular weight excluding hydrogens is 163 g/mol. The van der Waals surface area contributed by atoms with E-state index in [9.17, 15) is 4.79 Å². The molecule has 0 unspecified atom stereocenters. The van der Waals surface area contributed by atoms with Crippen LogP contribution in [0.15, 0.2) is 30.6 Å². The number of fused-ring (bicyclic) bond motifs is 1. The molecule has 0 N–H and O–H groups in total. The largest absolute Gasteiger partial charge is 0.297 e. The summed E-state index contributed by atoms with van der Waals surface area (Å²) in [6.45, 7) is 0. The van der Waals surface area contributed by atoms with E-state index in [0.717, 1.165) is 5.65 Å². The SMILES string of the molecule is BCC(=O)c1cnc2ccccn12. The van der Waals surface area contributed by atoms with Gasteiger partial charge in [-0.15, -0.1) is 0 Å². The number of aromatic nitrogens is 2. The molecule has 4 heteroatoms. The second-order valence-corrected chi connectivity index (χ2v) is 2.85.